The normalized spacial score (nSPS) is 33.3. The van der Waals surface area contributed by atoms with E-state index in [1.165, 1.54) is 0 Å². The molecule has 3 heterocycles. The SMILES string of the molecule is C[C@@H]1CN(C(=O)CN2CCCC2=O)CC[C@@]1(O)C1CCOCC1. The van der Waals surface area contributed by atoms with Crippen LogP contribution in [0.2, 0.25) is 0 Å². The Hall–Kier alpha value is -1.14. The van der Waals surface area contributed by atoms with Crippen LogP contribution in [0.15, 0.2) is 0 Å². The summed E-state index contributed by atoms with van der Waals surface area (Å²) in [5.41, 5.74) is -0.690. The van der Waals surface area contributed by atoms with E-state index in [-0.39, 0.29) is 30.2 Å². The molecule has 0 saturated carbocycles. The molecule has 0 aromatic carbocycles. The maximum Gasteiger partial charge on any atom is 0.242 e. The number of likely N-dealkylation sites (tertiary alicyclic amines) is 2. The van der Waals surface area contributed by atoms with Gasteiger partial charge in [0, 0.05) is 45.2 Å². The summed E-state index contributed by atoms with van der Waals surface area (Å²) in [5.74, 6) is 0.421. The van der Waals surface area contributed by atoms with Crippen LogP contribution in [0, 0.1) is 11.8 Å². The standard InChI is InChI=1S/C17H28N2O4/c1-13-11-19(16(21)12-18-7-2-3-15(18)20)8-6-17(13,22)14-4-9-23-10-5-14/h13-14,22H,2-12H2,1H3/t13-,17+/m1/s1. The molecule has 1 N–H and O–H groups in total. The number of piperidine rings is 1. The Morgan fingerprint density at radius 2 is 2.09 bits per heavy atom. The van der Waals surface area contributed by atoms with E-state index in [1.54, 1.807) is 4.90 Å². The van der Waals surface area contributed by atoms with E-state index in [0.717, 1.165) is 32.5 Å². The number of aliphatic hydroxyl groups is 1. The van der Waals surface area contributed by atoms with E-state index < -0.39 is 5.60 Å². The molecular weight excluding hydrogens is 296 g/mol. The number of hydrogen-bond acceptors (Lipinski definition) is 4. The van der Waals surface area contributed by atoms with Crippen LogP contribution in [0.4, 0.5) is 0 Å². The quantitative estimate of drug-likeness (QED) is 0.827. The van der Waals surface area contributed by atoms with Gasteiger partial charge in [0.25, 0.3) is 0 Å². The van der Waals surface area contributed by atoms with E-state index >= 15 is 0 Å². The Labute approximate surface area is 137 Å². The fraction of sp³-hybridized carbons (Fsp3) is 0.882. The monoisotopic (exact) mass is 324 g/mol. The molecule has 2 amide bonds. The van der Waals surface area contributed by atoms with E-state index in [0.29, 0.717) is 32.5 Å². The molecule has 0 bridgehead atoms. The maximum absolute atomic E-state index is 12.5. The second-order valence-corrected chi connectivity index (χ2v) is 7.29. The molecule has 3 aliphatic rings. The summed E-state index contributed by atoms with van der Waals surface area (Å²) in [6.07, 6.45) is 3.84. The summed E-state index contributed by atoms with van der Waals surface area (Å²) in [7, 11) is 0. The molecular formula is C17H28N2O4. The fourth-order valence-corrected chi connectivity index (χ4v) is 4.31. The van der Waals surface area contributed by atoms with Crippen molar-refractivity contribution in [1.29, 1.82) is 0 Å². The Morgan fingerprint density at radius 1 is 1.35 bits per heavy atom. The highest BCUT2D eigenvalue weighted by Gasteiger charge is 2.46. The number of carbonyl (C=O) groups excluding carboxylic acids is 2. The molecule has 0 radical (unpaired) electrons. The molecule has 130 valence electrons. The van der Waals surface area contributed by atoms with Crippen molar-refractivity contribution < 1.29 is 19.4 Å². The van der Waals surface area contributed by atoms with Crippen LogP contribution in [-0.2, 0) is 14.3 Å². The number of rotatable bonds is 3. The van der Waals surface area contributed by atoms with Gasteiger partial charge in [-0.1, -0.05) is 6.92 Å². The summed E-state index contributed by atoms with van der Waals surface area (Å²) in [4.78, 5) is 27.6. The van der Waals surface area contributed by atoms with Gasteiger partial charge in [0.05, 0.1) is 12.1 Å². The number of carbonyl (C=O) groups is 2. The van der Waals surface area contributed by atoms with Crippen molar-refractivity contribution in [2.24, 2.45) is 11.8 Å². The molecule has 0 spiro atoms. The molecule has 0 unspecified atom stereocenters. The second kappa shape index (κ2) is 6.77. The molecule has 6 nitrogen and oxygen atoms in total. The van der Waals surface area contributed by atoms with Crippen molar-refractivity contribution in [3.8, 4) is 0 Å². The average Bonchev–Trinajstić information content (AvgIpc) is 2.96. The van der Waals surface area contributed by atoms with Crippen molar-refractivity contribution in [3.05, 3.63) is 0 Å². The van der Waals surface area contributed by atoms with Crippen LogP contribution in [0.3, 0.4) is 0 Å². The number of ether oxygens (including phenoxy) is 1. The molecule has 23 heavy (non-hydrogen) atoms. The lowest BCUT2D eigenvalue weighted by Crippen LogP contribution is -2.57. The van der Waals surface area contributed by atoms with Crippen molar-refractivity contribution in [2.45, 2.75) is 44.6 Å². The fourth-order valence-electron chi connectivity index (χ4n) is 4.31. The molecule has 3 fully saturated rings. The highest BCUT2D eigenvalue weighted by Crippen LogP contribution is 2.39. The molecule has 0 aromatic rings. The number of hydrogen-bond donors (Lipinski definition) is 1. The van der Waals surface area contributed by atoms with Crippen LogP contribution >= 0.6 is 0 Å². The minimum absolute atomic E-state index is 0.0149. The first kappa shape index (κ1) is 16.7. The van der Waals surface area contributed by atoms with Crippen LogP contribution in [0.1, 0.15) is 39.0 Å². The first-order valence-corrected chi connectivity index (χ1v) is 8.86. The molecule has 3 saturated heterocycles. The minimum atomic E-state index is -0.690. The minimum Gasteiger partial charge on any atom is -0.389 e. The van der Waals surface area contributed by atoms with Crippen LogP contribution in [0.5, 0.6) is 0 Å². The van der Waals surface area contributed by atoms with Gasteiger partial charge in [-0.2, -0.15) is 0 Å². The van der Waals surface area contributed by atoms with Gasteiger partial charge in [0.1, 0.15) is 0 Å². The van der Waals surface area contributed by atoms with E-state index in [2.05, 4.69) is 0 Å². The van der Waals surface area contributed by atoms with Crippen molar-refractivity contribution in [2.75, 3.05) is 39.4 Å². The Balaban J connectivity index is 1.57. The lowest BCUT2D eigenvalue weighted by atomic mass is 9.70. The van der Waals surface area contributed by atoms with Gasteiger partial charge >= 0.3 is 0 Å². The van der Waals surface area contributed by atoms with Gasteiger partial charge in [0.15, 0.2) is 0 Å². The third-order valence-corrected chi connectivity index (χ3v) is 5.91. The third-order valence-electron chi connectivity index (χ3n) is 5.91. The smallest absolute Gasteiger partial charge is 0.242 e. The topological polar surface area (TPSA) is 70.1 Å². The summed E-state index contributed by atoms with van der Waals surface area (Å²) >= 11 is 0. The summed E-state index contributed by atoms with van der Waals surface area (Å²) in [6.45, 7) is 5.53. The predicted molar refractivity (Wildman–Crippen MR) is 84.7 cm³/mol. The highest BCUT2D eigenvalue weighted by atomic mass is 16.5. The zero-order chi connectivity index (χ0) is 16.4. The molecule has 0 aliphatic carbocycles. The molecule has 6 heteroatoms. The molecule has 2 atom stereocenters. The van der Waals surface area contributed by atoms with Crippen molar-refractivity contribution in [1.82, 2.24) is 9.80 Å². The first-order valence-electron chi connectivity index (χ1n) is 8.86. The molecule has 3 rings (SSSR count). The number of amides is 2. The van der Waals surface area contributed by atoms with Gasteiger partial charge in [-0.05, 0) is 31.6 Å². The zero-order valence-electron chi connectivity index (χ0n) is 14.0. The van der Waals surface area contributed by atoms with Crippen molar-refractivity contribution >= 4 is 11.8 Å². The van der Waals surface area contributed by atoms with Gasteiger partial charge in [-0.15, -0.1) is 0 Å². The highest BCUT2D eigenvalue weighted by molar-refractivity contribution is 5.86. The Kier molecular flexibility index (Phi) is 4.92. The lowest BCUT2D eigenvalue weighted by molar-refractivity contribution is -0.153. The third kappa shape index (κ3) is 3.38. The predicted octanol–water partition coefficient (Wildman–Crippen LogP) is 0.635. The molecule has 3 aliphatic heterocycles. The number of nitrogens with zero attached hydrogens (tertiary/aromatic N) is 2. The van der Waals surface area contributed by atoms with E-state index in [1.807, 2.05) is 11.8 Å². The van der Waals surface area contributed by atoms with Gasteiger partial charge in [-0.3, -0.25) is 9.59 Å². The average molecular weight is 324 g/mol. The first-order chi connectivity index (χ1) is 11.0. The maximum atomic E-state index is 12.5. The van der Waals surface area contributed by atoms with Crippen LogP contribution < -0.4 is 0 Å². The van der Waals surface area contributed by atoms with Gasteiger partial charge in [-0.25, -0.2) is 0 Å². The summed E-state index contributed by atoms with van der Waals surface area (Å²) in [5, 5.41) is 11.1. The lowest BCUT2D eigenvalue weighted by Gasteiger charge is -2.48. The Bertz CT molecular complexity index is 464. The van der Waals surface area contributed by atoms with Crippen LogP contribution in [-0.4, -0.2) is 71.7 Å². The van der Waals surface area contributed by atoms with E-state index in [9.17, 15) is 14.7 Å². The summed E-state index contributed by atoms with van der Waals surface area (Å²) < 4.78 is 5.40. The zero-order valence-corrected chi connectivity index (χ0v) is 14.0. The largest absolute Gasteiger partial charge is 0.389 e. The second-order valence-electron chi connectivity index (χ2n) is 7.29. The van der Waals surface area contributed by atoms with Crippen molar-refractivity contribution in [3.63, 3.8) is 0 Å². The Morgan fingerprint density at radius 3 is 2.70 bits per heavy atom. The van der Waals surface area contributed by atoms with Gasteiger partial charge < -0.3 is 19.6 Å². The van der Waals surface area contributed by atoms with E-state index in [4.69, 9.17) is 4.74 Å². The molecule has 0 aromatic heterocycles. The van der Waals surface area contributed by atoms with Gasteiger partial charge in [0.2, 0.25) is 11.8 Å². The summed E-state index contributed by atoms with van der Waals surface area (Å²) in [6, 6.07) is 0. The van der Waals surface area contributed by atoms with Crippen LogP contribution in [0.25, 0.3) is 0 Å².